The fourth-order valence-corrected chi connectivity index (χ4v) is 5.34. The zero-order valence-electron chi connectivity index (χ0n) is 15.2. The number of aryl methyl sites for hydroxylation is 2. The molecular weight excluding hydrogens is 388 g/mol. The third-order valence-corrected chi connectivity index (χ3v) is 7.76. The van der Waals surface area contributed by atoms with Gasteiger partial charge in [0.1, 0.15) is 0 Å². The Morgan fingerprint density at radius 1 is 0.889 bits per heavy atom. The van der Waals surface area contributed by atoms with Crippen LogP contribution in [0.4, 0.5) is 5.69 Å². The van der Waals surface area contributed by atoms with Gasteiger partial charge in [-0.15, -0.1) is 0 Å². The molecular formula is C18H22N2O5S2. The molecule has 146 valence electrons. The van der Waals surface area contributed by atoms with Gasteiger partial charge in [0, 0.05) is 13.1 Å². The van der Waals surface area contributed by atoms with Crippen LogP contribution in [0.25, 0.3) is 0 Å². The molecule has 0 atom stereocenters. The SMILES string of the molecule is Cc1ccc(S(=O)(=O)Nc2cccc(S(=O)(=O)N3CCOCC3)c2)cc1C. The van der Waals surface area contributed by atoms with Crippen LogP contribution < -0.4 is 4.72 Å². The number of nitrogens with one attached hydrogen (secondary N) is 1. The molecule has 2 aromatic carbocycles. The lowest BCUT2D eigenvalue weighted by molar-refractivity contribution is 0.0730. The summed E-state index contributed by atoms with van der Waals surface area (Å²) in [6, 6.07) is 10.7. The molecule has 7 nitrogen and oxygen atoms in total. The molecule has 0 bridgehead atoms. The third kappa shape index (κ3) is 4.32. The molecule has 0 aromatic heterocycles. The van der Waals surface area contributed by atoms with Crippen LogP contribution >= 0.6 is 0 Å². The van der Waals surface area contributed by atoms with Crippen LogP contribution in [0.2, 0.25) is 0 Å². The third-order valence-electron chi connectivity index (χ3n) is 4.48. The number of ether oxygens (including phenoxy) is 1. The van der Waals surface area contributed by atoms with Crippen LogP contribution in [0, 0.1) is 13.8 Å². The van der Waals surface area contributed by atoms with E-state index in [9.17, 15) is 16.8 Å². The number of rotatable bonds is 5. The summed E-state index contributed by atoms with van der Waals surface area (Å²) in [4.78, 5) is 0.178. The summed E-state index contributed by atoms with van der Waals surface area (Å²) in [5.74, 6) is 0. The average Bonchev–Trinajstić information content (AvgIpc) is 2.64. The Kier molecular flexibility index (Phi) is 5.57. The Morgan fingerprint density at radius 2 is 1.59 bits per heavy atom. The predicted molar refractivity (Wildman–Crippen MR) is 103 cm³/mol. The van der Waals surface area contributed by atoms with E-state index in [0.717, 1.165) is 11.1 Å². The molecule has 0 unspecified atom stereocenters. The van der Waals surface area contributed by atoms with Gasteiger partial charge in [0.25, 0.3) is 10.0 Å². The minimum Gasteiger partial charge on any atom is -0.379 e. The summed E-state index contributed by atoms with van der Waals surface area (Å²) in [6.07, 6.45) is 0. The monoisotopic (exact) mass is 410 g/mol. The van der Waals surface area contributed by atoms with Crippen LogP contribution in [0.5, 0.6) is 0 Å². The van der Waals surface area contributed by atoms with Crippen molar-refractivity contribution < 1.29 is 21.6 Å². The molecule has 0 spiro atoms. The molecule has 0 aliphatic carbocycles. The summed E-state index contributed by atoms with van der Waals surface area (Å²) in [7, 11) is -7.52. The van der Waals surface area contributed by atoms with Crippen LogP contribution in [-0.2, 0) is 24.8 Å². The zero-order chi connectivity index (χ0) is 19.7. The topological polar surface area (TPSA) is 92.8 Å². The minimum atomic E-state index is -3.82. The molecule has 1 aliphatic heterocycles. The van der Waals surface area contributed by atoms with Crippen LogP contribution in [0.3, 0.4) is 0 Å². The lowest BCUT2D eigenvalue weighted by atomic mass is 10.1. The molecule has 1 heterocycles. The van der Waals surface area contributed by atoms with Crippen LogP contribution in [-0.4, -0.2) is 47.4 Å². The van der Waals surface area contributed by atoms with Crippen molar-refractivity contribution in [2.45, 2.75) is 23.6 Å². The molecule has 27 heavy (non-hydrogen) atoms. The van der Waals surface area contributed by atoms with Gasteiger partial charge in [-0.2, -0.15) is 4.31 Å². The summed E-state index contributed by atoms with van der Waals surface area (Å²) in [5.41, 5.74) is 2.05. The standard InChI is InChI=1S/C18H22N2O5S2/c1-14-6-7-17(12-15(14)2)26(21,22)19-16-4-3-5-18(13-16)27(23,24)20-8-10-25-11-9-20/h3-7,12-13,19H,8-11H2,1-2H3. The second-order valence-corrected chi connectivity index (χ2v) is 10.0. The van der Waals surface area contributed by atoms with Crippen molar-refractivity contribution in [2.75, 3.05) is 31.0 Å². The summed E-state index contributed by atoms with van der Waals surface area (Å²) in [6.45, 7) is 4.99. The normalized spacial score (nSPS) is 16.2. The molecule has 1 saturated heterocycles. The Bertz CT molecular complexity index is 1040. The van der Waals surface area contributed by atoms with Crippen LogP contribution in [0.15, 0.2) is 52.3 Å². The first-order valence-corrected chi connectivity index (χ1v) is 11.4. The molecule has 0 amide bonds. The van der Waals surface area contributed by atoms with E-state index in [0.29, 0.717) is 13.2 Å². The van der Waals surface area contributed by atoms with Gasteiger partial charge in [-0.1, -0.05) is 12.1 Å². The molecule has 1 aliphatic rings. The van der Waals surface area contributed by atoms with Gasteiger partial charge < -0.3 is 4.74 Å². The first-order valence-electron chi connectivity index (χ1n) is 8.48. The minimum absolute atomic E-state index is 0.0460. The highest BCUT2D eigenvalue weighted by molar-refractivity contribution is 7.92. The molecule has 2 aromatic rings. The zero-order valence-corrected chi connectivity index (χ0v) is 16.8. The van der Waals surface area contributed by atoms with E-state index in [1.54, 1.807) is 12.1 Å². The highest BCUT2D eigenvalue weighted by atomic mass is 32.2. The van der Waals surface area contributed by atoms with Gasteiger partial charge in [-0.3, -0.25) is 4.72 Å². The van der Waals surface area contributed by atoms with Crippen molar-refractivity contribution in [3.8, 4) is 0 Å². The van der Waals surface area contributed by atoms with Crippen molar-refractivity contribution in [3.05, 3.63) is 53.6 Å². The fraction of sp³-hybridized carbons (Fsp3) is 0.333. The summed E-state index contributed by atoms with van der Waals surface area (Å²) in [5, 5.41) is 0. The molecule has 0 saturated carbocycles. The average molecular weight is 411 g/mol. The van der Waals surface area contributed by atoms with Crippen molar-refractivity contribution in [2.24, 2.45) is 0 Å². The van der Waals surface area contributed by atoms with Gasteiger partial charge in [0.15, 0.2) is 0 Å². The fourth-order valence-electron chi connectivity index (χ4n) is 2.75. The van der Waals surface area contributed by atoms with Gasteiger partial charge in [-0.25, -0.2) is 16.8 Å². The number of hydrogen-bond acceptors (Lipinski definition) is 5. The van der Waals surface area contributed by atoms with Gasteiger partial charge in [0.05, 0.1) is 28.7 Å². The quantitative estimate of drug-likeness (QED) is 0.815. The van der Waals surface area contributed by atoms with E-state index in [2.05, 4.69) is 4.72 Å². The molecule has 1 N–H and O–H groups in total. The number of benzene rings is 2. The first kappa shape index (κ1) is 19.8. The number of hydrogen-bond donors (Lipinski definition) is 1. The molecule has 3 rings (SSSR count). The lowest BCUT2D eigenvalue weighted by Gasteiger charge is -2.26. The van der Waals surface area contributed by atoms with E-state index in [1.807, 2.05) is 13.8 Å². The van der Waals surface area contributed by atoms with Gasteiger partial charge in [-0.05, 0) is 55.3 Å². The summed E-state index contributed by atoms with van der Waals surface area (Å²) >= 11 is 0. The van der Waals surface area contributed by atoms with E-state index in [4.69, 9.17) is 4.74 Å². The molecule has 9 heteroatoms. The highest BCUT2D eigenvalue weighted by Gasteiger charge is 2.26. The van der Waals surface area contributed by atoms with Crippen molar-refractivity contribution in [1.82, 2.24) is 4.31 Å². The van der Waals surface area contributed by atoms with Crippen LogP contribution in [0.1, 0.15) is 11.1 Å². The van der Waals surface area contributed by atoms with E-state index < -0.39 is 20.0 Å². The lowest BCUT2D eigenvalue weighted by Crippen LogP contribution is -2.40. The second-order valence-electron chi connectivity index (χ2n) is 6.40. The number of sulfonamides is 2. The number of nitrogens with zero attached hydrogens (tertiary/aromatic N) is 1. The number of morpholine rings is 1. The Morgan fingerprint density at radius 3 is 2.26 bits per heavy atom. The predicted octanol–water partition coefficient (Wildman–Crippen LogP) is 2.13. The first-order chi connectivity index (χ1) is 12.7. The molecule has 1 fully saturated rings. The number of anilines is 1. The van der Waals surface area contributed by atoms with Crippen molar-refractivity contribution in [3.63, 3.8) is 0 Å². The van der Waals surface area contributed by atoms with Gasteiger partial charge in [0.2, 0.25) is 10.0 Å². The maximum atomic E-state index is 12.8. The maximum Gasteiger partial charge on any atom is 0.261 e. The van der Waals surface area contributed by atoms with E-state index >= 15 is 0 Å². The Balaban J connectivity index is 1.88. The summed E-state index contributed by atoms with van der Waals surface area (Å²) < 4.78 is 59.8. The smallest absolute Gasteiger partial charge is 0.261 e. The second kappa shape index (κ2) is 7.59. The highest BCUT2D eigenvalue weighted by Crippen LogP contribution is 2.23. The Hall–Kier alpha value is -1.94. The van der Waals surface area contributed by atoms with Gasteiger partial charge >= 0.3 is 0 Å². The van der Waals surface area contributed by atoms with E-state index in [-0.39, 0.29) is 28.6 Å². The largest absolute Gasteiger partial charge is 0.379 e. The Labute approximate surface area is 160 Å². The maximum absolute atomic E-state index is 12.8. The van der Waals surface area contributed by atoms with E-state index in [1.165, 1.54) is 34.6 Å². The molecule has 0 radical (unpaired) electrons. The van der Waals surface area contributed by atoms with Crippen molar-refractivity contribution >= 4 is 25.7 Å². The van der Waals surface area contributed by atoms with Crippen molar-refractivity contribution in [1.29, 1.82) is 0 Å².